The Hall–Kier alpha value is -3.18. The van der Waals surface area contributed by atoms with Crippen molar-refractivity contribution < 1.29 is 22.7 Å². The molecule has 0 spiro atoms. The molecule has 1 amide bonds. The van der Waals surface area contributed by atoms with Crippen LogP contribution in [0.2, 0.25) is 0 Å². The molecule has 0 aliphatic carbocycles. The molecule has 0 saturated carbocycles. The Labute approximate surface area is 184 Å². The minimum Gasteiger partial charge on any atom is -0.493 e. The second kappa shape index (κ2) is 9.31. The van der Waals surface area contributed by atoms with Crippen LogP contribution < -0.4 is 19.1 Å². The Morgan fingerprint density at radius 1 is 1.06 bits per heavy atom. The monoisotopic (exact) mass is 462 g/mol. The van der Waals surface area contributed by atoms with Gasteiger partial charge in [-0.15, -0.1) is 10.2 Å². The van der Waals surface area contributed by atoms with E-state index in [0.29, 0.717) is 16.5 Å². The molecule has 9 nitrogen and oxygen atoms in total. The Morgan fingerprint density at radius 3 is 2.35 bits per heavy atom. The number of hydrogen-bond acceptors (Lipinski definition) is 8. The molecular formula is C20H22N4O5S2. The van der Waals surface area contributed by atoms with Gasteiger partial charge in [0, 0.05) is 11.6 Å². The van der Waals surface area contributed by atoms with Crippen LogP contribution >= 0.6 is 11.3 Å². The van der Waals surface area contributed by atoms with Crippen molar-refractivity contribution in [3.8, 4) is 22.1 Å². The first-order chi connectivity index (χ1) is 14.7. The van der Waals surface area contributed by atoms with Crippen LogP contribution in [0.15, 0.2) is 48.5 Å². The summed E-state index contributed by atoms with van der Waals surface area (Å²) < 4.78 is 36.5. The largest absolute Gasteiger partial charge is 0.493 e. The third-order valence-electron chi connectivity index (χ3n) is 4.39. The summed E-state index contributed by atoms with van der Waals surface area (Å²) in [4.78, 5) is 12.9. The molecule has 0 radical (unpaired) electrons. The number of hydrogen-bond donors (Lipinski definition) is 1. The van der Waals surface area contributed by atoms with E-state index in [-0.39, 0.29) is 10.8 Å². The van der Waals surface area contributed by atoms with Gasteiger partial charge in [0.25, 0.3) is 0 Å². The first-order valence-corrected chi connectivity index (χ1v) is 11.8. The topological polar surface area (TPSA) is 111 Å². The lowest BCUT2D eigenvalue weighted by atomic mass is 10.2. The lowest BCUT2D eigenvalue weighted by Gasteiger charge is -2.28. The van der Waals surface area contributed by atoms with Gasteiger partial charge < -0.3 is 9.47 Å². The average Bonchev–Trinajstić information content (AvgIpc) is 3.21. The van der Waals surface area contributed by atoms with Crippen LogP contribution in [-0.2, 0) is 14.8 Å². The molecule has 0 aliphatic heterocycles. The van der Waals surface area contributed by atoms with Gasteiger partial charge in [0.2, 0.25) is 21.1 Å². The number of nitrogens with zero attached hydrogens (tertiary/aromatic N) is 3. The minimum absolute atomic E-state index is 0.269. The number of benzene rings is 2. The summed E-state index contributed by atoms with van der Waals surface area (Å²) >= 11 is 1.20. The maximum Gasteiger partial charge on any atom is 0.249 e. The number of carbonyl (C=O) groups is 1. The number of methoxy groups -OCH3 is 2. The fourth-order valence-electron chi connectivity index (χ4n) is 2.95. The third-order valence-corrected chi connectivity index (χ3v) is 6.52. The molecule has 164 valence electrons. The first-order valence-electron chi connectivity index (χ1n) is 9.16. The Balaban J connectivity index is 1.85. The number of carbonyl (C=O) groups excluding carboxylic acids is 1. The van der Waals surface area contributed by atoms with E-state index in [9.17, 15) is 13.2 Å². The summed E-state index contributed by atoms with van der Waals surface area (Å²) in [6, 6.07) is 13.0. The third kappa shape index (κ3) is 5.12. The molecule has 1 heterocycles. The molecule has 2 aromatic carbocycles. The molecule has 0 bridgehead atoms. The Kier molecular flexibility index (Phi) is 6.76. The van der Waals surface area contributed by atoms with E-state index < -0.39 is 22.0 Å². The molecule has 0 saturated heterocycles. The number of aromatic nitrogens is 2. The summed E-state index contributed by atoms with van der Waals surface area (Å²) in [5, 5.41) is 11.6. The lowest BCUT2D eigenvalue weighted by Crippen LogP contribution is -2.45. The van der Waals surface area contributed by atoms with Crippen LogP contribution in [-0.4, -0.2) is 51.0 Å². The van der Waals surface area contributed by atoms with Gasteiger partial charge in [0.15, 0.2) is 11.5 Å². The van der Waals surface area contributed by atoms with E-state index in [0.717, 1.165) is 16.1 Å². The van der Waals surface area contributed by atoms with Crippen molar-refractivity contribution >= 4 is 38.1 Å². The van der Waals surface area contributed by atoms with Gasteiger partial charge in [-0.3, -0.25) is 14.4 Å². The summed E-state index contributed by atoms with van der Waals surface area (Å²) in [5.74, 6) is 0.243. The highest BCUT2D eigenvalue weighted by Gasteiger charge is 2.30. The quantitative estimate of drug-likeness (QED) is 0.548. The fourth-order valence-corrected chi connectivity index (χ4v) is 4.87. The highest BCUT2D eigenvalue weighted by atomic mass is 32.2. The number of rotatable bonds is 8. The number of ether oxygens (including phenoxy) is 2. The highest BCUT2D eigenvalue weighted by Crippen LogP contribution is 2.33. The zero-order valence-corrected chi connectivity index (χ0v) is 19.0. The zero-order chi connectivity index (χ0) is 22.6. The number of nitrogens with one attached hydrogen (secondary N) is 1. The summed E-state index contributed by atoms with van der Waals surface area (Å²) in [7, 11) is -0.867. The molecule has 1 aromatic heterocycles. The molecule has 0 fully saturated rings. The first kappa shape index (κ1) is 22.5. The molecule has 3 rings (SSSR count). The van der Waals surface area contributed by atoms with E-state index in [1.165, 1.54) is 38.5 Å². The van der Waals surface area contributed by atoms with Crippen LogP contribution in [0.3, 0.4) is 0 Å². The van der Waals surface area contributed by atoms with Crippen molar-refractivity contribution in [3.05, 3.63) is 48.5 Å². The molecule has 31 heavy (non-hydrogen) atoms. The van der Waals surface area contributed by atoms with Gasteiger partial charge in [0.1, 0.15) is 11.0 Å². The van der Waals surface area contributed by atoms with Crippen LogP contribution in [0.1, 0.15) is 6.92 Å². The summed E-state index contributed by atoms with van der Waals surface area (Å²) in [6.07, 6.45) is 1.03. The van der Waals surface area contributed by atoms with Crippen molar-refractivity contribution in [2.45, 2.75) is 13.0 Å². The predicted octanol–water partition coefficient (Wildman–Crippen LogP) is 3.02. The van der Waals surface area contributed by atoms with Crippen LogP contribution in [0.25, 0.3) is 10.6 Å². The van der Waals surface area contributed by atoms with E-state index in [2.05, 4.69) is 15.5 Å². The molecule has 0 aliphatic rings. The number of sulfonamides is 1. The second-order valence-electron chi connectivity index (χ2n) is 6.54. The maximum absolute atomic E-state index is 12.9. The molecule has 11 heteroatoms. The smallest absolute Gasteiger partial charge is 0.249 e. The number of anilines is 2. The molecule has 3 aromatic rings. The average molecular weight is 463 g/mol. The van der Waals surface area contributed by atoms with Gasteiger partial charge in [-0.1, -0.05) is 41.7 Å². The van der Waals surface area contributed by atoms with Crippen molar-refractivity contribution in [1.82, 2.24) is 10.2 Å². The lowest BCUT2D eigenvalue weighted by molar-refractivity contribution is -0.116. The molecular weight excluding hydrogens is 440 g/mol. The van der Waals surface area contributed by atoms with Crippen molar-refractivity contribution in [2.24, 2.45) is 0 Å². The van der Waals surface area contributed by atoms with Crippen molar-refractivity contribution in [3.63, 3.8) is 0 Å². The standard InChI is InChI=1S/C20H22N4O5S2/c1-13(18(25)21-20-23-22-19(30-20)14-8-6-5-7-9-14)24(31(4,26)27)15-10-11-16(28-2)17(12-15)29-3/h5-13H,1-4H3,(H,21,23,25)/t13-/m1/s1. The van der Waals surface area contributed by atoms with Crippen molar-refractivity contribution in [2.75, 3.05) is 30.1 Å². The van der Waals surface area contributed by atoms with Gasteiger partial charge in [-0.2, -0.15) is 0 Å². The van der Waals surface area contributed by atoms with E-state index in [4.69, 9.17) is 9.47 Å². The minimum atomic E-state index is -3.79. The predicted molar refractivity (Wildman–Crippen MR) is 120 cm³/mol. The fraction of sp³-hybridized carbons (Fsp3) is 0.250. The summed E-state index contributed by atoms with van der Waals surface area (Å²) in [6.45, 7) is 1.49. The molecule has 1 atom stereocenters. The molecule has 0 unspecified atom stereocenters. The highest BCUT2D eigenvalue weighted by molar-refractivity contribution is 7.92. The normalized spacial score (nSPS) is 12.1. The van der Waals surface area contributed by atoms with Crippen LogP contribution in [0.5, 0.6) is 11.5 Å². The Morgan fingerprint density at radius 2 is 1.74 bits per heavy atom. The Bertz CT molecular complexity index is 1170. The zero-order valence-electron chi connectivity index (χ0n) is 17.4. The maximum atomic E-state index is 12.9. The van der Waals surface area contributed by atoms with Gasteiger partial charge >= 0.3 is 0 Å². The van der Waals surface area contributed by atoms with Gasteiger partial charge in [0.05, 0.1) is 26.2 Å². The SMILES string of the molecule is COc1ccc(N([C@H](C)C(=O)Nc2nnc(-c3ccccc3)s2)S(C)(=O)=O)cc1OC. The van der Waals surface area contributed by atoms with E-state index >= 15 is 0 Å². The van der Waals surface area contributed by atoms with Gasteiger partial charge in [-0.05, 0) is 19.1 Å². The summed E-state index contributed by atoms with van der Waals surface area (Å²) in [5.41, 5.74) is 1.14. The van der Waals surface area contributed by atoms with Crippen LogP contribution in [0.4, 0.5) is 10.8 Å². The number of amides is 1. The van der Waals surface area contributed by atoms with E-state index in [1.54, 1.807) is 12.1 Å². The van der Waals surface area contributed by atoms with Gasteiger partial charge in [-0.25, -0.2) is 8.42 Å². The second-order valence-corrected chi connectivity index (χ2v) is 9.38. The van der Waals surface area contributed by atoms with Crippen LogP contribution in [0, 0.1) is 0 Å². The molecule has 1 N–H and O–H groups in total. The van der Waals surface area contributed by atoms with E-state index in [1.807, 2.05) is 30.3 Å². The van der Waals surface area contributed by atoms with Crippen molar-refractivity contribution in [1.29, 1.82) is 0 Å².